The van der Waals surface area contributed by atoms with Crippen molar-refractivity contribution >= 4 is 16.7 Å². The van der Waals surface area contributed by atoms with Crippen LogP contribution in [0.15, 0.2) is 49.1 Å². The van der Waals surface area contributed by atoms with Crippen LogP contribution >= 0.6 is 0 Å². The first kappa shape index (κ1) is 21.1. The predicted octanol–water partition coefficient (Wildman–Crippen LogP) is 2.76. The Kier molecular flexibility index (Phi) is 8.30. The van der Waals surface area contributed by atoms with Gasteiger partial charge in [-0.15, -0.1) is 0 Å². The molecule has 1 heterocycles. The summed E-state index contributed by atoms with van der Waals surface area (Å²) in [6.45, 7) is 6.98. The number of carbonyl (C=O) groups excluding carboxylic acids is 1. The van der Waals surface area contributed by atoms with E-state index in [1.165, 1.54) is 0 Å². The average Bonchev–Trinajstić information content (AvgIpc) is 3.57. The topological polar surface area (TPSA) is 75.8 Å². The minimum absolute atomic E-state index is 0.205. The maximum Gasteiger partial charge on any atom is 0.330 e. The van der Waals surface area contributed by atoms with Crippen LogP contribution in [-0.2, 0) is 23.7 Å². The molecule has 7 nitrogen and oxygen atoms in total. The van der Waals surface area contributed by atoms with Gasteiger partial charge in [-0.05, 0) is 29.7 Å². The fourth-order valence-electron chi connectivity index (χ4n) is 2.59. The van der Waals surface area contributed by atoms with Crippen molar-refractivity contribution in [3.8, 4) is 11.5 Å². The van der Waals surface area contributed by atoms with E-state index in [1.54, 1.807) is 0 Å². The van der Waals surface area contributed by atoms with Crippen molar-refractivity contribution < 1.29 is 33.2 Å². The van der Waals surface area contributed by atoms with Gasteiger partial charge in [-0.2, -0.15) is 0 Å². The fraction of sp³-hybridized carbons (Fsp3) is 0.409. The van der Waals surface area contributed by atoms with Crippen LogP contribution in [-0.4, -0.2) is 64.9 Å². The Morgan fingerprint density at radius 2 is 1.79 bits per heavy atom. The number of ether oxygens (including phenoxy) is 6. The quantitative estimate of drug-likeness (QED) is 0.208. The summed E-state index contributed by atoms with van der Waals surface area (Å²) >= 11 is 0. The first-order valence-electron chi connectivity index (χ1n) is 9.61. The van der Waals surface area contributed by atoms with Crippen LogP contribution in [0.1, 0.15) is 0 Å². The first-order valence-corrected chi connectivity index (χ1v) is 9.61. The van der Waals surface area contributed by atoms with Gasteiger partial charge in [-0.1, -0.05) is 18.7 Å². The minimum atomic E-state index is -0.452. The highest BCUT2D eigenvalue weighted by Crippen LogP contribution is 2.29. The van der Waals surface area contributed by atoms with Gasteiger partial charge >= 0.3 is 5.97 Å². The Hall–Kier alpha value is -2.61. The molecule has 1 aliphatic rings. The summed E-state index contributed by atoms with van der Waals surface area (Å²) in [7, 11) is 0. The van der Waals surface area contributed by atoms with E-state index < -0.39 is 5.97 Å². The Labute approximate surface area is 170 Å². The van der Waals surface area contributed by atoms with Crippen LogP contribution in [0.5, 0.6) is 11.5 Å². The Bertz CT molecular complexity index is 801. The molecule has 0 amide bonds. The number of esters is 1. The van der Waals surface area contributed by atoms with E-state index in [-0.39, 0.29) is 12.7 Å². The molecule has 1 fully saturated rings. The fourth-order valence-corrected chi connectivity index (χ4v) is 2.59. The van der Waals surface area contributed by atoms with E-state index in [9.17, 15) is 4.79 Å². The van der Waals surface area contributed by atoms with Gasteiger partial charge in [0.15, 0.2) is 0 Å². The first-order chi connectivity index (χ1) is 14.3. The lowest BCUT2D eigenvalue weighted by molar-refractivity contribution is -0.139. The molecule has 2 aromatic carbocycles. The molecule has 29 heavy (non-hydrogen) atoms. The molecule has 0 aromatic heterocycles. The summed E-state index contributed by atoms with van der Waals surface area (Å²) in [5.74, 6) is 1.18. The van der Waals surface area contributed by atoms with Crippen LogP contribution in [0.4, 0.5) is 0 Å². The van der Waals surface area contributed by atoms with Crippen molar-refractivity contribution in [2.75, 3.05) is 52.9 Å². The van der Waals surface area contributed by atoms with Crippen LogP contribution in [0.2, 0.25) is 0 Å². The number of epoxide rings is 1. The van der Waals surface area contributed by atoms with Gasteiger partial charge in [0.25, 0.3) is 0 Å². The number of hydrogen-bond acceptors (Lipinski definition) is 7. The van der Waals surface area contributed by atoms with Crippen molar-refractivity contribution in [2.24, 2.45) is 0 Å². The number of carbonyl (C=O) groups is 1. The molecule has 0 N–H and O–H groups in total. The molecule has 0 spiro atoms. The number of rotatable bonds is 14. The van der Waals surface area contributed by atoms with E-state index in [1.807, 2.05) is 36.4 Å². The van der Waals surface area contributed by atoms with E-state index >= 15 is 0 Å². The van der Waals surface area contributed by atoms with Crippen molar-refractivity contribution in [3.05, 3.63) is 49.1 Å². The van der Waals surface area contributed by atoms with Crippen LogP contribution in [0, 0.1) is 0 Å². The van der Waals surface area contributed by atoms with Crippen molar-refractivity contribution in [1.82, 2.24) is 0 Å². The van der Waals surface area contributed by atoms with Gasteiger partial charge in [0.1, 0.15) is 37.4 Å². The molecular weight excluding hydrogens is 376 g/mol. The van der Waals surface area contributed by atoms with Gasteiger partial charge in [-0.25, -0.2) is 4.79 Å². The molecule has 3 rings (SSSR count). The molecule has 7 heteroatoms. The van der Waals surface area contributed by atoms with Crippen LogP contribution in [0.3, 0.4) is 0 Å². The number of fused-ring (bicyclic) bond motifs is 1. The van der Waals surface area contributed by atoms with Crippen LogP contribution < -0.4 is 9.47 Å². The second-order valence-electron chi connectivity index (χ2n) is 6.35. The Morgan fingerprint density at radius 1 is 1.03 bits per heavy atom. The van der Waals surface area contributed by atoms with Gasteiger partial charge in [0.05, 0.1) is 33.0 Å². The lowest BCUT2D eigenvalue weighted by Crippen LogP contribution is -2.13. The van der Waals surface area contributed by atoms with E-state index in [4.69, 9.17) is 28.4 Å². The zero-order chi connectivity index (χ0) is 20.3. The molecule has 0 aliphatic carbocycles. The summed E-state index contributed by atoms with van der Waals surface area (Å²) in [6, 6.07) is 11.9. The summed E-state index contributed by atoms with van der Waals surface area (Å²) < 4.78 is 32.3. The van der Waals surface area contributed by atoms with E-state index in [0.29, 0.717) is 39.6 Å². The lowest BCUT2D eigenvalue weighted by atomic mass is 10.1. The molecule has 156 valence electrons. The SMILES string of the molecule is C=CC(=O)OCCOCCOCCOc1cccc2cc(OCC3CO3)ccc12. The highest BCUT2D eigenvalue weighted by molar-refractivity contribution is 5.89. The zero-order valence-electron chi connectivity index (χ0n) is 16.3. The molecule has 0 saturated carbocycles. The molecule has 1 atom stereocenters. The van der Waals surface area contributed by atoms with E-state index in [2.05, 4.69) is 6.58 Å². The zero-order valence-corrected chi connectivity index (χ0v) is 16.3. The second-order valence-corrected chi connectivity index (χ2v) is 6.35. The normalized spacial score (nSPS) is 15.1. The third kappa shape index (κ3) is 7.38. The third-order valence-corrected chi connectivity index (χ3v) is 4.15. The molecule has 1 aliphatic heterocycles. The van der Waals surface area contributed by atoms with Gasteiger partial charge in [0, 0.05) is 11.5 Å². The standard InChI is InChI=1S/C22H26O7/c1-2-22(23)27-13-11-25-9-8-24-10-12-26-21-5-3-4-17-14-18(6-7-20(17)21)28-15-19-16-29-19/h2-7,14,19H,1,8-13,15-16H2. The molecule has 2 aromatic rings. The highest BCUT2D eigenvalue weighted by Gasteiger charge is 2.23. The number of hydrogen-bond donors (Lipinski definition) is 0. The molecule has 1 saturated heterocycles. The highest BCUT2D eigenvalue weighted by atomic mass is 16.6. The van der Waals surface area contributed by atoms with Gasteiger partial charge < -0.3 is 28.4 Å². The Balaban J connectivity index is 1.32. The van der Waals surface area contributed by atoms with Gasteiger partial charge in [-0.3, -0.25) is 0 Å². The maximum atomic E-state index is 10.8. The lowest BCUT2D eigenvalue weighted by Gasteiger charge is -2.11. The van der Waals surface area contributed by atoms with E-state index in [0.717, 1.165) is 35.0 Å². The van der Waals surface area contributed by atoms with Crippen molar-refractivity contribution in [1.29, 1.82) is 0 Å². The van der Waals surface area contributed by atoms with Crippen molar-refractivity contribution in [3.63, 3.8) is 0 Å². The smallest absolute Gasteiger partial charge is 0.330 e. The summed E-state index contributed by atoms with van der Waals surface area (Å²) in [6.07, 6.45) is 1.36. The summed E-state index contributed by atoms with van der Waals surface area (Å²) in [5, 5.41) is 2.09. The van der Waals surface area contributed by atoms with Gasteiger partial charge in [0.2, 0.25) is 0 Å². The maximum absolute atomic E-state index is 10.8. The van der Waals surface area contributed by atoms with Crippen LogP contribution in [0.25, 0.3) is 10.8 Å². The number of benzene rings is 2. The summed E-state index contributed by atoms with van der Waals surface area (Å²) in [4.78, 5) is 10.8. The molecule has 0 radical (unpaired) electrons. The Morgan fingerprint density at radius 3 is 2.55 bits per heavy atom. The second kappa shape index (κ2) is 11.4. The average molecular weight is 402 g/mol. The molecule has 1 unspecified atom stereocenters. The minimum Gasteiger partial charge on any atom is -0.491 e. The molecular formula is C22H26O7. The van der Waals surface area contributed by atoms with Crippen molar-refractivity contribution in [2.45, 2.75) is 6.10 Å². The summed E-state index contributed by atoms with van der Waals surface area (Å²) in [5.41, 5.74) is 0. The largest absolute Gasteiger partial charge is 0.491 e. The molecule has 0 bridgehead atoms. The third-order valence-electron chi connectivity index (χ3n) is 4.15. The monoisotopic (exact) mass is 402 g/mol. The predicted molar refractivity (Wildman–Crippen MR) is 107 cm³/mol.